The average Bonchev–Trinajstić information content (AvgIpc) is 2.30. The Balaban J connectivity index is 2.49. The summed E-state index contributed by atoms with van der Waals surface area (Å²) in [5, 5.41) is 0. The van der Waals surface area contributed by atoms with E-state index in [4.69, 9.17) is 15.2 Å². The standard InChI is InChI=1S/C12H17NO3/c1-2-16-11-5-3-10(4-6-11)12(14)9-15-8-7-13/h3-6H,2,7-9,13H2,1H3. The quantitative estimate of drug-likeness (QED) is 0.558. The van der Waals surface area contributed by atoms with Crippen LogP contribution >= 0.6 is 0 Å². The molecule has 1 aromatic rings. The first kappa shape index (κ1) is 12.7. The normalized spacial score (nSPS) is 10.1. The minimum atomic E-state index is -0.0449. The number of nitrogens with two attached hydrogens (primary N) is 1. The fraction of sp³-hybridized carbons (Fsp3) is 0.417. The highest BCUT2D eigenvalue weighted by molar-refractivity contribution is 5.97. The third-order valence-electron chi connectivity index (χ3n) is 1.98. The lowest BCUT2D eigenvalue weighted by molar-refractivity contribution is 0.0774. The molecular formula is C12H17NO3. The van der Waals surface area contributed by atoms with Crippen molar-refractivity contribution in [1.82, 2.24) is 0 Å². The molecule has 4 nitrogen and oxygen atoms in total. The van der Waals surface area contributed by atoms with E-state index in [-0.39, 0.29) is 12.4 Å². The Morgan fingerprint density at radius 1 is 1.31 bits per heavy atom. The number of hydrogen-bond acceptors (Lipinski definition) is 4. The molecule has 0 amide bonds. The van der Waals surface area contributed by atoms with Gasteiger partial charge in [0.25, 0.3) is 0 Å². The van der Waals surface area contributed by atoms with Crippen molar-refractivity contribution < 1.29 is 14.3 Å². The Morgan fingerprint density at radius 2 is 2.00 bits per heavy atom. The Morgan fingerprint density at radius 3 is 2.56 bits per heavy atom. The molecule has 0 aliphatic heterocycles. The molecule has 0 spiro atoms. The van der Waals surface area contributed by atoms with Crippen LogP contribution < -0.4 is 10.5 Å². The van der Waals surface area contributed by atoms with Crippen LogP contribution in [0.3, 0.4) is 0 Å². The fourth-order valence-electron chi connectivity index (χ4n) is 1.24. The second-order valence-corrected chi connectivity index (χ2v) is 3.22. The summed E-state index contributed by atoms with van der Waals surface area (Å²) >= 11 is 0. The van der Waals surface area contributed by atoms with Gasteiger partial charge in [-0.15, -0.1) is 0 Å². The molecule has 0 atom stereocenters. The summed E-state index contributed by atoms with van der Waals surface area (Å²) in [5.41, 5.74) is 5.88. The average molecular weight is 223 g/mol. The van der Waals surface area contributed by atoms with Gasteiger partial charge in [-0.05, 0) is 31.2 Å². The number of ether oxygens (including phenoxy) is 2. The van der Waals surface area contributed by atoms with Crippen LogP contribution in [0.5, 0.6) is 5.75 Å². The first-order valence-electron chi connectivity index (χ1n) is 5.31. The third kappa shape index (κ3) is 4.00. The molecular weight excluding hydrogens is 206 g/mol. The molecule has 0 fully saturated rings. The van der Waals surface area contributed by atoms with Gasteiger partial charge < -0.3 is 15.2 Å². The minimum Gasteiger partial charge on any atom is -0.494 e. The Hall–Kier alpha value is -1.39. The maximum atomic E-state index is 11.6. The van der Waals surface area contributed by atoms with E-state index in [0.29, 0.717) is 25.3 Å². The zero-order valence-corrected chi connectivity index (χ0v) is 9.44. The van der Waals surface area contributed by atoms with Crippen LogP contribution in [0.15, 0.2) is 24.3 Å². The van der Waals surface area contributed by atoms with E-state index in [1.807, 2.05) is 6.92 Å². The zero-order chi connectivity index (χ0) is 11.8. The molecule has 0 heterocycles. The van der Waals surface area contributed by atoms with Gasteiger partial charge in [-0.3, -0.25) is 4.79 Å². The second-order valence-electron chi connectivity index (χ2n) is 3.22. The lowest BCUT2D eigenvalue weighted by Crippen LogP contribution is -2.14. The highest BCUT2D eigenvalue weighted by Crippen LogP contribution is 2.12. The molecule has 0 radical (unpaired) electrons. The summed E-state index contributed by atoms with van der Waals surface area (Å²) in [6, 6.07) is 7.03. The summed E-state index contributed by atoms with van der Waals surface area (Å²) < 4.78 is 10.4. The maximum absolute atomic E-state index is 11.6. The van der Waals surface area contributed by atoms with Crippen LogP contribution in [-0.4, -0.2) is 32.1 Å². The number of ketones is 1. The number of carbonyl (C=O) groups excluding carboxylic acids is 1. The minimum absolute atomic E-state index is 0.0449. The van der Waals surface area contributed by atoms with Crippen LogP contribution in [0.1, 0.15) is 17.3 Å². The molecule has 0 unspecified atom stereocenters. The second kappa shape index (κ2) is 6.98. The van der Waals surface area contributed by atoms with Gasteiger partial charge in [0, 0.05) is 12.1 Å². The SMILES string of the molecule is CCOc1ccc(C(=O)COCCN)cc1. The molecule has 2 N–H and O–H groups in total. The first-order valence-corrected chi connectivity index (χ1v) is 5.31. The summed E-state index contributed by atoms with van der Waals surface area (Å²) in [6.07, 6.45) is 0. The number of rotatable bonds is 7. The van der Waals surface area contributed by atoms with Gasteiger partial charge in [0.2, 0.25) is 0 Å². The maximum Gasteiger partial charge on any atom is 0.188 e. The largest absolute Gasteiger partial charge is 0.494 e. The fourth-order valence-corrected chi connectivity index (χ4v) is 1.24. The monoisotopic (exact) mass is 223 g/mol. The molecule has 0 aromatic heterocycles. The summed E-state index contributed by atoms with van der Waals surface area (Å²) in [7, 11) is 0. The van der Waals surface area contributed by atoms with E-state index >= 15 is 0 Å². The molecule has 88 valence electrons. The molecule has 0 aliphatic carbocycles. The molecule has 1 rings (SSSR count). The zero-order valence-electron chi connectivity index (χ0n) is 9.44. The van der Waals surface area contributed by atoms with Gasteiger partial charge >= 0.3 is 0 Å². The first-order chi connectivity index (χ1) is 7.77. The van der Waals surface area contributed by atoms with E-state index < -0.39 is 0 Å². The Bertz CT molecular complexity index is 322. The molecule has 1 aromatic carbocycles. The van der Waals surface area contributed by atoms with E-state index in [1.54, 1.807) is 24.3 Å². The number of benzene rings is 1. The van der Waals surface area contributed by atoms with Crippen molar-refractivity contribution in [2.75, 3.05) is 26.4 Å². The van der Waals surface area contributed by atoms with Crippen molar-refractivity contribution in [3.05, 3.63) is 29.8 Å². The van der Waals surface area contributed by atoms with Gasteiger partial charge in [0.1, 0.15) is 12.4 Å². The van der Waals surface area contributed by atoms with E-state index in [2.05, 4.69) is 0 Å². The van der Waals surface area contributed by atoms with Crippen LogP contribution in [0, 0.1) is 0 Å². The molecule has 16 heavy (non-hydrogen) atoms. The van der Waals surface area contributed by atoms with E-state index in [0.717, 1.165) is 5.75 Å². The molecule has 0 aliphatic rings. The van der Waals surface area contributed by atoms with Gasteiger partial charge in [0.15, 0.2) is 5.78 Å². The highest BCUT2D eigenvalue weighted by atomic mass is 16.5. The van der Waals surface area contributed by atoms with Crippen molar-refractivity contribution >= 4 is 5.78 Å². The van der Waals surface area contributed by atoms with Crippen molar-refractivity contribution in [3.8, 4) is 5.75 Å². The molecule has 4 heteroatoms. The summed E-state index contributed by atoms with van der Waals surface area (Å²) in [6.45, 7) is 3.44. The predicted molar refractivity (Wildman–Crippen MR) is 61.8 cm³/mol. The molecule has 0 bridgehead atoms. The number of carbonyl (C=O) groups is 1. The van der Waals surface area contributed by atoms with Gasteiger partial charge in [-0.2, -0.15) is 0 Å². The topological polar surface area (TPSA) is 61.5 Å². The molecule has 0 saturated carbocycles. The number of hydrogen-bond donors (Lipinski definition) is 1. The summed E-state index contributed by atoms with van der Waals surface area (Å²) in [4.78, 5) is 11.6. The van der Waals surface area contributed by atoms with Crippen molar-refractivity contribution in [2.45, 2.75) is 6.92 Å². The van der Waals surface area contributed by atoms with Crippen molar-refractivity contribution in [2.24, 2.45) is 5.73 Å². The van der Waals surface area contributed by atoms with Crippen LogP contribution in [0.25, 0.3) is 0 Å². The van der Waals surface area contributed by atoms with Crippen molar-refractivity contribution in [1.29, 1.82) is 0 Å². The van der Waals surface area contributed by atoms with Gasteiger partial charge in [-0.1, -0.05) is 0 Å². The van der Waals surface area contributed by atoms with Gasteiger partial charge in [0.05, 0.1) is 13.2 Å². The van der Waals surface area contributed by atoms with E-state index in [1.165, 1.54) is 0 Å². The lowest BCUT2D eigenvalue weighted by Gasteiger charge is -2.05. The van der Waals surface area contributed by atoms with Crippen LogP contribution in [0.2, 0.25) is 0 Å². The smallest absolute Gasteiger partial charge is 0.188 e. The van der Waals surface area contributed by atoms with Gasteiger partial charge in [-0.25, -0.2) is 0 Å². The van der Waals surface area contributed by atoms with E-state index in [9.17, 15) is 4.79 Å². The highest BCUT2D eigenvalue weighted by Gasteiger charge is 2.05. The van der Waals surface area contributed by atoms with Crippen molar-refractivity contribution in [3.63, 3.8) is 0 Å². The Labute approximate surface area is 95.3 Å². The Kier molecular flexibility index (Phi) is 5.53. The number of Topliss-reactive ketones (excluding diaryl/α,β-unsaturated/α-hetero) is 1. The molecule has 0 saturated heterocycles. The predicted octanol–water partition coefficient (Wildman–Crippen LogP) is 1.24. The lowest BCUT2D eigenvalue weighted by atomic mass is 10.1. The summed E-state index contributed by atoms with van der Waals surface area (Å²) in [5.74, 6) is 0.721. The third-order valence-corrected chi connectivity index (χ3v) is 1.98. The van der Waals surface area contributed by atoms with Crippen LogP contribution in [0.4, 0.5) is 0 Å². The van der Waals surface area contributed by atoms with Crippen LogP contribution in [-0.2, 0) is 4.74 Å².